The van der Waals surface area contributed by atoms with Crippen LogP contribution in [-0.2, 0) is 0 Å². The Balaban J connectivity index is 2.03. The lowest BCUT2D eigenvalue weighted by molar-refractivity contribution is 0.212. The van der Waals surface area contributed by atoms with Crippen molar-refractivity contribution in [2.75, 3.05) is 12.3 Å². The van der Waals surface area contributed by atoms with Crippen LogP contribution in [0.15, 0.2) is 0 Å². The van der Waals surface area contributed by atoms with E-state index in [0.29, 0.717) is 4.87 Å². The van der Waals surface area contributed by atoms with Crippen LogP contribution in [0.4, 0.5) is 0 Å². The molecule has 1 aliphatic carbocycles. The van der Waals surface area contributed by atoms with E-state index in [1.165, 1.54) is 44.4 Å². The van der Waals surface area contributed by atoms with Gasteiger partial charge in [0.15, 0.2) is 0 Å². The van der Waals surface area contributed by atoms with E-state index < -0.39 is 0 Å². The highest BCUT2D eigenvalue weighted by Gasteiger charge is 2.42. The van der Waals surface area contributed by atoms with E-state index in [1.807, 2.05) is 0 Å². The minimum absolute atomic E-state index is 0.472. The van der Waals surface area contributed by atoms with Crippen LogP contribution in [0.2, 0.25) is 0 Å². The molecule has 1 spiro atoms. The topological polar surface area (TPSA) is 12.0 Å². The average molecular weight is 213 g/mol. The third kappa shape index (κ3) is 1.96. The van der Waals surface area contributed by atoms with Crippen molar-refractivity contribution >= 4 is 11.8 Å². The summed E-state index contributed by atoms with van der Waals surface area (Å²) in [6.45, 7) is 5.96. The molecule has 0 bridgehead atoms. The second kappa shape index (κ2) is 4.44. The third-order valence-corrected chi connectivity index (χ3v) is 5.81. The molecule has 82 valence electrons. The van der Waals surface area contributed by atoms with Crippen molar-refractivity contribution in [1.29, 1.82) is 0 Å². The van der Waals surface area contributed by atoms with E-state index in [0.717, 1.165) is 11.8 Å². The van der Waals surface area contributed by atoms with Gasteiger partial charge < -0.3 is 5.32 Å². The van der Waals surface area contributed by atoms with Gasteiger partial charge >= 0.3 is 0 Å². The van der Waals surface area contributed by atoms with Crippen molar-refractivity contribution < 1.29 is 0 Å². The molecule has 3 atom stereocenters. The van der Waals surface area contributed by atoms with E-state index in [2.05, 4.69) is 30.9 Å². The van der Waals surface area contributed by atoms with Crippen LogP contribution in [0.25, 0.3) is 0 Å². The largest absolute Gasteiger partial charge is 0.302 e. The minimum atomic E-state index is 0.472. The van der Waals surface area contributed by atoms with Gasteiger partial charge in [-0.05, 0) is 37.0 Å². The summed E-state index contributed by atoms with van der Waals surface area (Å²) in [5, 5.41) is 3.85. The molecule has 2 rings (SSSR count). The Morgan fingerprint density at radius 3 is 2.93 bits per heavy atom. The zero-order valence-electron chi connectivity index (χ0n) is 9.51. The highest BCUT2D eigenvalue weighted by atomic mass is 32.2. The molecule has 0 amide bonds. The van der Waals surface area contributed by atoms with Gasteiger partial charge in [-0.2, -0.15) is 0 Å². The molecule has 2 fully saturated rings. The maximum Gasteiger partial charge on any atom is 0.0673 e. The van der Waals surface area contributed by atoms with E-state index in [9.17, 15) is 0 Å². The van der Waals surface area contributed by atoms with Crippen LogP contribution in [0.1, 0.15) is 46.0 Å². The molecular formula is C12H23NS. The molecule has 1 aliphatic heterocycles. The van der Waals surface area contributed by atoms with Crippen molar-refractivity contribution in [1.82, 2.24) is 5.32 Å². The van der Waals surface area contributed by atoms with Crippen molar-refractivity contribution in [3.63, 3.8) is 0 Å². The van der Waals surface area contributed by atoms with Gasteiger partial charge in [-0.3, -0.25) is 0 Å². The predicted molar refractivity (Wildman–Crippen MR) is 64.6 cm³/mol. The maximum atomic E-state index is 3.85. The number of hydrogen-bond donors (Lipinski definition) is 1. The van der Waals surface area contributed by atoms with Gasteiger partial charge in [0.05, 0.1) is 4.87 Å². The molecule has 0 aromatic heterocycles. The Morgan fingerprint density at radius 1 is 1.43 bits per heavy atom. The Morgan fingerprint density at radius 2 is 2.29 bits per heavy atom. The SMILES string of the molecule is CCC1CCCCC12NCC(C)CS2. The molecule has 2 heteroatoms. The molecule has 0 radical (unpaired) electrons. The van der Waals surface area contributed by atoms with E-state index in [-0.39, 0.29) is 0 Å². The Labute approximate surface area is 92.4 Å². The molecule has 1 saturated carbocycles. The summed E-state index contributed by atoms with van der Waals surface area (Å²) < 4.78 is 0. The predicted octanol–water partition coefficient (Wildman–Crippen LogP) is 3.26. The van der Waals surface area contributed by atoms with Gasteiger partial charge in [0, 0.05) is 0 Å². The number of thioether (sulfide) groups is 1. The summed E-state index contributed by atoms with van der Waals surface area (Å²) in [5.41, 5.74) is 0. The van der Waals surface area contributed by atoms with E-state index >= 15 is 0 Å². The first-order valence-corrected chi connectivity index (χ1v) is 7.14. The summed E-state index contributed by atoms with van der Waals surface area (Å²) >= 11 is 2.22. The number of rotatable bonds is 1. The zero-order valence-corrected chi connectivity index (χ0v) is 10.3. The zero-order chi connectivity index (χ0) is 10.0. The van der Waals surface area contributed by atoms with Crippen molar-refractivity contribution in [2.45, 2.75) is 50.8 Å². The quantitative estimate of drug-likeness (QED) is 0.717. The van der Waals surface area contributed by atoms with Crippen molar-refractivity contribution in [2.24, 2.45) is 11.8 Å². The number of hydrogen-bond acceptors (Lipinski definition) is 2. The first-order valence-electron chi connectivity index (χ1n) is 6.16. The fourth-order valence-corrected chi connectivity index (χ4v) is 4.61. The van der Waals surface area contributed by atoms with Crippen LogP contribution in [0.5, 0.6) is 0 Å². The van der Waals surface area contributed by atoms with Gasteiger partial charge in [0.1, 0.15) is 0 Å². The fourth-order valence-electron chi connectivity index (χ4n) is 2.92. The maximum absolute atomic E-state index is 3.85. The van der Waals surface area contributed by atoms with Crippen LogP contribution in [0.3, 0.4) is 0 Å². The summed E-state index contributed by atoms with van der Waals surface area (Å²) in [6, 6.07) is 0. The van der Waals surface area contributed by atoms with Gasteiger partial charge in [-0.15, -0.1) is 11.8 Å². The third-order valence-electron chi connectivity index (χ3n) is 3.88. The first-order chi connectivity index (χ1) is 6.77. The lowest BCUT2D eigenvalue weighted by Gasteiger charge is -2.48. The monoisotopic (exact) mass is 213 g/mol. The van der Waals surface area contributed by atoms with Crippen LogP contribution < -0.4 is 5.32 Å². The summed E-state index contributed by atoms with van der Waals surface area (Å²) in [6.07, 6.45) is 7.10. The van der Waals surface area contributed by atoms with Gasteiger partial charge in [0.2, 0.25) is 0 Å². The average Bonchev–Trinajstić information content (AvgIpc) is 2.23. The molecule has 2 aliphatic rings. The Bertz CT molecular complexity index is 185. The molecular weight excluding hydrogens is 190 g/mol. The van der Waals surface area contributed by atoms with Gasteiger partial charge in [-0.1, -0.05) is 33.1 Å². The summed E-state index contributed by atoms with van der Waals surface area (Å²) in [5.74, 6) is 3.16. The second-order valence-corrected chi connectivity index (χ2v) is 6.39. The molecule has 1 heterocycles. The van der Waals surface area contributed by atoms with Crippen molar-refractivity contribution in [3.8, 4) is 0 Å². The highest BCUT2D eigenvalue weighted by molar-refractivity contribution is 8.00. The Kier molecular flexibility index (Phi) is 3.43. The van der Waals surface area contributed by atoms with Gasteiger partial charge in [-0.25, -0.2) is 0 Å². The smallest absolute Gasteiger partial charge is 0.0673 e. The second-order valence-electron chi connectivity index (χ2n) is 5.04. The standard InChI is InChI=1S/C12H23NS/c1-3-11-6-4-5-7-12(11)13-8-10(2)9-14-12/h10-11,13H,3-9H2,1-2H3. The lowest BCUT2D eigenvalue weighted by atomic mass is 9.81. The molecule has 0 aromatic carbocycles. The molecule has 14 heavy (non-hydrogen) atoms. The van der Waals surface area contributed by atoms with Crippen LogP contribution in [0, 0.1) is 11.8 Å². The fraction of sp³-hybridized carbons (Fsp3) is 1.00. The van der Waals surface area contributed by atoms with E-state index in [1.54, 1.807) is 0 Å². The number of nitrogens with one attached hydrogen (secondary N) is 1. The molecule has 0 aromatic rings. The molecule has 1 N–H and O–H groups in total. The molecule has 1 nitrogen and oxygen atoms in total. The summed E-state index contributed by atoms with van der Waals surface area (Å²) in [7, 11) is 0. The molecule has 1 saturated heterocycles. The lowest BCUT2D eigenvalue weighted by Crippen LogP contribution is -2.54. The van der Waals surface area contributed by atoms with E-state index in [4.69, 9.17) is 0 Å². The summed E-state index contributed by atoms with van der Waals surface area (Å²) in [4.78, 5) is 0.472. The van der Waals surface area contributed by atoms with Crippen molar-refractivity contribution in [3.05, 3.63) is 0 Å². The Hall–Kier alpha value is 0.310. The van der Waals surface area contributed by atoms with Crippen LogP contribution >= 0.6 is 11.8 Å². The van der Waals surface area contributed by atoms with Gasteiger partial charge in [0.25, 0.3) is 0 Å². The molecule has 3 unspecified atom stereocenters. The normalized spacial score (nSPS) is 44.1. The minimum Gasteiger partial charge on any atom is -0.302 e. The highest BCUT2D eigenvalue weighted by Crippen LogP contribution is 2.45. The van der Waals surface area contributed by atoms with Crippen LogP contribution in [-0.4, -0.2) is 17.2 Å². The first kappa shape index (κ1) is 10.8.